The Kier molecular flexibility index (Phi) is 6.80. The van der Waals surface area contributed by atoms with Crippen LogP contribution in [-0.2, 0) is 9.53 Å². The molecule has 9 heteroatoms. The van der Waals surface area contributed by atoms with E-state index in [1.165, 1.54) is 11.8 Å². The highest BCUT2D eigenvalue weighted by molar-refractivity contribution is 8.00. The number of nitrogens with one attached hydrogen (secondary N) is 1. The summed E-state index contributed by atoms with van der Waals surface area (Å²) in [6.07, 6.45) is 0. The van der Waals surface area contributed by atoms with E-state index < -0.39 is 0 Å². The number of carbonyl (C=O) groups is 1. The summed E-state index contributed by atoms with van der Waals surface area (Å²) in [6, 6.07) is 15.4. The van der Waals surface area contributed by atoms with Gasteiger partial charge in [-0.15, -0.1) is 10.2 Å². The lowest BCUT2D eigenvalue weighted by Crippen LogP contribution is -2.37. The molecule has 2 aromatic carbocycles. The molecule has 1 N–H and O–H groups in total. The van der Waals surface area contributed by atoms with Crippen molar-refractivity contribution in [3.63, 3.8) is 0 Å². The van der Waals surface area contributed by atoms with E-state index >= 15 is 0 Å². The lowest BCUT2D eigenvalue weighted by Gasteiger charge is -2.28. The van der Waals surface area contributed by atoms with Gasteiger partial charge in [-0.3, -0.25) is 9.36 Å². The highest BCUT2D eigenvalue weighted by Gasteiger charge is 2.25. The minimum absolute atomic E-state index is 0.120. The van der Waals surface area contributed by atoms with Gasteiger partial charge < -0.3 is 15.0 Å². The molecule has 1 saturated heterocycles. The number of thioether (sulfide) groups is 1. The van der Waals surface area contributed by atoms with Crippen LogP contribution in [0.2, 0.25) is 5.02 Å². The SMILES string of the molecule is Cc1c(Cl)cccc1NC(=O)C(C)Sc1nnc(N2CCOCC2)n1-c1ccccc1. The molecule has 31 heavy (non-hydrogen) atoms. The smallest absolute Gasteiger partial charge is 0.237 e. The summed E-state index contributed by atoms with van der Waals surface area (Å²) in [6.45, 7) is 6.55. The summed E-state index contributed by atoms with van der Waals surface area (Å²) in [5.41, 5.74) is 2.51. The van der Waals surface area contributed by atoms with Crippen molar-refractivity contribution in [2.75, 3.05) is 36.5 Å². The molecule has 162 valence electrons. The number of rotatable bonds is 6. The number of aromatic nitrogens is 3. The van der Waals surface area contributed by atoms with Crippen LogP contribution < -0.4 is 10.2 Å². The molecule has 7 nitrogen and oxygen atoms in total. The van der Waals surface area contributed by atoms with Crippen LogP contribution >= 0.6 is 23.4 Å². The number of ether oxygens (including phenoxy) is 1. The van der Waals surface area contributed by atoms with Gasteiger partial charge in [0.1, 0.15) is 0 Å². The fourth-order valence-corrected chi connectivity index (χ4v) is 4.34. The number of hydrogen-bond donors (Lipinski definition) is 1. The predicted molar refractivity (Wildman–Crippen MR) is 125 cm³/mol. The molecular formula is C22H24ClN5O2S. The summed E-state index contributed by atoms with van der Waals surface area (Å²) < 4.78 is 7.48. The van der Waals surface area contributed by atoms with E-state index in [9.17, 15) is 4.79 Å². The van der Waals surface area contributed by atoms with Crippen molar-refractivity contribution in [3.8, 4) is 5.69 Å². The van der Waals surface area contributed by atoms with Gasteiger partial charge in [-0.25, -0.2) is 0 Å². The molecular weight excluding hydrogens is 434 g/mol. The first-order valence-corrected chi connectivity index (χ1v) is 11.4. The van der Waals surface area contributed by atoms with Crippen LogP contribution in [0.25, 0.3) is 5.69 Å². The summed E-state index contributed by atoms with van der Waals surface area (Å²) >= 11 is 7.55. The summed E-state index contributed by atoms with van der Waals surface area (Å²) in [5, 5.41) is 12.7. The summed E-state index contributed by atoms with van der Waals surface area (Å²) in [5.74, 6) is 0.640. The number of para-hydroxylation sites is 1. The fourth-order valence-electron chi connectivity index (χ4n) is 3.30. The van der Waals surface area contributed by atoms with E-state index in [1.54, 1.807) is 6.07 Å². The molecule has 1 amide bonds. The molecule has 0 spiro atoms. The summed E-state index contributed by atoms with van der Waals surface area (Å²) in [7, 11) is 0. The third-order valence-electron chi connectivity index (χ3n) is 5.10. The van der Waals surface area contributed by atoms with Crippen molar-refractivity contribution in [2.24, 2.45) is 0 Å². The monoisotopic (exact) mass is 457 g/mol. The van der Waals surface area contributed by atoms with E-state index in [4.69, 9.17) is 16.3 Å². The lowest BCUT2D eigenvalue weighted by molar-refractivity contribution is -0.115. The number of halogens is 1. The lowest BCUT2D eigenvalue weighted by atomic mass is 10.2. The largest absolute Gasteiger partial charge is 0.378 e. The average Bonchev–Trinajstić information content (AvgIpc) is 3.21. The van der Waals surface area contributed by atoms with Gasteiger partial charge in [-0.05, 0) is 43.7 Å². The molecule has 1 unspecified atom stereocenters. The van der Waals surface area contributed by atoms with Crippen LogP contribution in [0.3, 0.4) is 0 Å². The highest BCUT2D eigenvalue weighted by Crippen LogP contribution is 2.30. The molecule has 1 atom stereocenters. The Hall–Kier alpha value is -2.55. The Balaban J connectivity index is 1.58. The van der Waals surface area contributed by atoms with Gasteiger partial charge in [0, 0.05) is 23.8 Å². The van der Waals surface area contributed by atoms with Crippen LogP contribution in [0, 0.1) is 6.92 Å². The molecule has 0 radical (unpaired) electrons. The quantitative estimate of drug-likeness (QED) is 0.560. The number of morpholine rings is 1. The number of carbonyl (C=O) groups excluding carboxylic acids is 1. The Morgan fingerprint density at radius 3 is 2.61 bits per heavy atom. The zero-order chi connectivity index (χ0) is 21.8. The van der Waals surface area contributed by atoms with Crippen molar-refractivity contribution >= 4 is 40.9 Å². The number of benzene rings is 2. The van der Waals surface area contributed by atoms with Crippen molar-refractivity contribution in [2.45, 2.75) is 24.3 Å². The third-order valence-corrected chi connectivity index (χ3v) is 6.55. The standard InChI is InChI=1S/C22H24ClN5O2S/c1-15-18(23)9-6-10-19(15)24-20(29)16(2)31-22-26-25-21(27-11-13-30-14-12-27)28(22)17-7-4-3-5-8-17/h3-10,16H,11-14H2,1-2H3,(H,24,29). The van der Waals surface area contributed by atoms with Crippen molar-refractivity contribution in [1.29, 1.82) is 0 Å². The zero-order valence-electron chi connectivity index (χ0n) is 17.4. The van der Waals surface area contributed by atoms with Crippen molar-refractivity contribution in [3.05, 3.63) is 59.1 Å². The van der Waals surface area contributed by atoms with E-state index in [1.807, 2.05) is 60.9 Å². The van der Waals surface area contributed by atoms with Gasteiger partial charge in [0.2, 0.25) is 11.9 Å². The number of hydrogen-bond acceptors (Lipinski definition) is 6. The maximum Gasteiger partial charge on any atom is 0.237 e. The van der Waals surface area contributed by atoms with Crippen LogP contribution in [0.5, 0.6) is 0 Å². The molecule has 1 fully saturated rings. The molecule has 4 rings (SSSR count). The van der Waals surface area contributed by atoms with Crippen molar-refractivity contribution < 1.29 is 9.53 Å². The van der Waals surface area contributed by atoms with Gasteiger partial charge in [-0.2, -0.15) is 0 Å². The normalized spacial score (nSPS) is 15.0. The van der Waals surface area contributed by atoms with Gasteiger partial charge >= 0.3 is 0 Å². The third kappa shape index (κ3) is 4.87. The van der Waals surface area contributed by atoms with Crippen LogP contribution in [0.15, 0.2) is 53.7 Å². The van der Waals surface area contributed by atoms with Crippen LogP contribution in [-0.4, -0.2) is 52.2 Å². The molecule has 1 aliphatic rings. The minimum Gasteiger partial charge on any atom is -0.378 e. The second-order valence-corrected chi connectivity index (χ2v) is 8.93. The molecule has 3 aromatic rings. The van der Waals surface area contributed by atoms with E-state index in [0.717, 1.165) is 30.3 Å². The van der Waals surface area contributed by atoms with Crippen molar-refractivity contribution in [1.82, 2.24) is 14.8 Å². The van der Waals surface area contributed by atoms with E-state index in [2.05, 4.69) is 20.4 Å². The Morgan fingerprint density at radius 1 is 1.13 bits per heavy atom. The second-order valence-electron chi connectivity index (χ2n) is 7.21. The molecule has 0 aliphatic carbocycles. The molecule has 1 aliphatic heterocycles. The number of amides is 1. The van der Waals surface area contributed by atoms with Gasteiger partial charge in [0.05, 0.1) is 24.2 Å². The first kappa shape index (κ1) is 21.7. The molecule has 1 aromatic heterocycles. The van der Waals surface area contributed by atoms with Crippen LogP contribution in [0.4, 0.5) is 11.6 Å². The number of nitrogens with zero attached hydrogens (tertiary/aromatic N) is 4. The fraction of sp³-hybridized carbons (Fsp3) is 0.318. The molecule has 2 heterocycles. The topological polar surface area (TPSA) is 72.3 Å². The Bertz CT molecular complexity index is 1050. The van der Waals surface area contributed by atoms with Gasteiger partial charge in [0.25, 0.3) is 0 Å². The number of anilines is 2. The van der Waals surface area contributed by atoms with E-state index in [-0.39, 0.29) is 11.2 Å². The zero-order valence-corrected chi connectivity index (χ0v) is 19.0. The minimum atomic E-state index is -0.386. The maximum atomic E-state index is 12.9. The predicted octanol–water partition coefficient (Wildman–Crippen LogP) is 4.19. The maximum absolute atomic E-state index is 12.9. The average molecular weight is 458 g/mol. The van der Waals surface area contributed by atoms with Gasteiger partial charge in [0.15, 0.2) is 5.16 Å². The highest BCUT2D eigenvalue weighted by atomic mass is 35.5. The second kappa shape index (κ2) is 9.72. The Labute approximate surface area is 190 Å². The summed E-state index contributed by atoms with van der Waals surface area (Å²) in [4.78, 5) is 15.0. The van der Waals surface area contributed by atoms with Gasteiger partial charge in [-0.1, -0.05) is 47.6 Å². The Morgan fingerprint density at radius 2 is 1.87 bits per heavy atom. The van der Waals surface area contributed by atoms with E-state index in [0.29, 0.717) is 29.1 Å². The first-order valence-electron chi connectivity index (χ1n) is 10.1. The molecule has 0 bridgehead atoms. The van der Waals surface area contributed by atoms with Crippen LogP contribution in [0.1, 0.15) is 12.5 Å². The first-order chi connectivity index (χ1) is 15.0. The molecule has 0 saturated carbocycles.